The van der Waals surface area contributed by atoms with Crippen LogP contribution in [-0.4, -0.2) is 46.6 Å². The highest BCUT2D eigenvalue weighted by Crippen LogP contribution is 2.34. The second-order valence-electron chi connectivity index (χ2n) is 6.84. The molecule has 0 aromatic carbocycles. The Kier molecular flexibility index (Phi) is 4.48. The minimum absolute atomic E-state index is 0.0266. The molecule has 3 fully saturated rings. The molecule has 1 aliphatic carbocycles. The number of carbonyl (C=O) groups is 2. The summed E-state index contributed by atoms with van der Waals surface area (Å²) < 4.78 is 0. The van der Waals surface area contributed by atoms with E-state index in [1.54, 1.807) is 4.90 Å². The van der Waals surface area contributed by atoms with Crippen molar-refractivity contribution >= 4 is 11.9 Å². The average Bonchev–Trinajstić information content (AvgIpc) is 2.75. The van der Waals surface area contributed by atoms with Gasteiger partial charge in [-0.2, -0.15) is 0 Å². The molecule has 2 saturated heterocycles. The van der Waals surface area contributed by atoms with Gasteiger partial charge in [-0.15, -0.1) is 0 Å². The number of carbonyl (C=O) groups excluding carboxylic acids is 1. The lowest BCUT2D eigenvalue weighted by atomic mass is 9.85. The summed E-state index contributed by atoms with van der Waals surface area (Å²) in [7, 11) is 0. The lowest BCUT2D eigenvalue weighted by Crippen LogP contribution is -2.51. The van der Waals surface area contributed by atoms with Gasteiger partial charge >= 0.3 is 5.97 Å². The molecule has 4 atom stereocenters. The van der Waals surface area contributed by atoms with Crippen LogP contribution in [0.5, 0.6) is 0 Å². The molecule has 0 bridgehead atoms. The fourth-order valence-electron chi connectivity index (χ4n) is 4.34. The Bertz CT molecular complexity index is 398. The van der Waals surface area contributed by atoms with Gasteiger partial charge in [-0.3, -0.25) is 4.79 Å². The van der Waals surface area contributed by atoms with E-state index in [4.69, 9.17) is 0 Å². The molecule has 1 amide bonds. The Balaban J connectivity index is 1.69. The van der Waals surface area contributed by atoms with Gasteiger partial charge in [0.15, 0.2) is 0 Å². The fraction of sp³-hybridized carbons (Fsp3) is 0.875. The van der Waals surface area contributed by atoms with Crippen molar-refractivity contribution in [2.45, 2.75) is 75.9 Å². The zero-order valence-electron chi connectivity index (χ0n) is 12.6. The van der Waals surface area contributed by atoms with Gasteiger partial charge in [-0.1, -0.05) is 25.7 Å². The number of hydrogen-bond donors (Lipinski definition) is 2. The maximum absolute atomic E-state index is 12.8. The molecule has 3 aliphatic rings. The molecule has 118 valence electrons. The second-order valence-corrected chi connectivity index (χ2v) is 6.84. The number of aliphatic carboxylic acids is 1. The van der Waals surface area contributed by atoms with Crippen LogP contribution in [0.4, 0.5) is 0 Å². The minimum atomic E-state index is -0.847. The molecule has 0 radical (unpaired) electrons. The minimum Gasteiger partial charge on any atom is -0.480 e. The Morgan fingerprint density at radius 3 is 2.52 bits per heavy atom. The van der Waals surface area contributed by atoms with Crippen LogP contribution in [0, 0.1) is 5.92 Å². The number of carboxylic acid groups (broad SMARTS) is 1. The van der Waals surface area contributed by atoms with Crippen molar-refractivity contribution in [1.82, 2.24) is 10.2 Å². The number of rotatable bonds is 2. The van der Waals surface area contributed by atoms with Gasteiger partial charge in [0.2, 0.25) is 5.91 Å². The van der Waals surface area contributed by atoms with Crippen LogP contribution in [0.3, 0.4) is 0 Å². The lowest BCUT2D eigenvalue weighted by molar-refractivity contribution is -0.151. The van der Waals surface area contributed by atoms with Crippen LogP contribution in [0.15, 0.2) is 0 Å². The predicted molar refractivity (Wildman–Crippen MR) is 78.9 cm³/mol. The number of nitrogens with zero attached hydrogens (tertiary/aromatic N) is 1. The highest BCUT2D eigenvalue weighted by atomic mass is 16.4. The summed E-state index contributed by atoms with van der Waals surface area (Å²) in [6, 6.07) is -0.301. The first-order valence-electron chi connectivity index (χ1n) is 8.46. The lowest BCUT2D eigenvalue weighted by Gasteiger charge is -2.29. The zero-order valence-corrected chi connectivity index (χ0v) is 12.6. The molecular formula is C16H26N2O3. The summed E-state index contributed by atoms with van der Waals surface area (Å²) >= 11 is 0. The van der Waals surface area contributed by atoms with Gasteiger partial charge in [0.1, 0.15) is 6.04 Å². The molecule has 3 rings (SSSR count). The third-order valence-electron chi connectivity index (χ3n) is 5.48. The first-order valence-corrected chi connectivity index (χ1v) is 8.46. The molecule has 5 heteroatoms. The van der Waals surface area contributed by atoms with E-state index < -0.39 is 12.0 Å². The van der Waals surface area contributed by atoms with Crippen LogP contribution in [-0.2, 0) is 9.59 Å². The molecule has 5 nitrogen and oxygen atoms in total. The van der Waals surface area contributed by atoms with Crippen LogP contribution in [0.2, 0.25) is 0 Å². The molecule has 4 unspecified atom stereocenters. The SMILES string of the molecule is O=C(O)C1CCCCCN1C(=O)C1CC2CCCCC2N1. The Morgan fingerprint density at radius 1 is 1.00 bits per heavy atom. The smallest absolute Gasteiger partial charge is 0.326 e. The van der Waals surface area contributed by atoms with Gasteiger partial charge in [0.25, 0.3) is 0 Å². The monoisotopic (exact) mass is 294 g/mol. The third kappa shape index (κ3) is 3.07. The van der Waals surface area contributed by atoms with Crippen LogP contribution in [0.25, 0.3) is 0 Å². The van der Waals surface area contributed by atoms with Crippen molar-refractivity contribution in [2.24, 2.45) is 5.92 Å². The van der Waals surface area contributed by atoms with Crippen molar-refractivity contribution in [3.63, 3.8) is 0 Å². The third-order valence-corrected chi connectivity index (χ3v) is 5.48. The Morgan fingerprint density at radius 2 is 1.76 bits per heavy atom. The number of nitrogens with one attached hydrogen (secondary N) is 1. The molecule has 0 aromatic rings. The van der Waals surface area contributed by atoms with E-state index >= 15 is 0 Å². The van der Waals surface area contributed by atoms with Crippen molar-refractivity contribution < 1.29 is 14.7 Å². The fourth-order valence-corrected chi connectivity index (χ4v) is 4.34. The largest absolute Gasteiger partial charge is 0.480 e. The predicted octanol–water partition coefficient (Wildman–Crippen LogP) is 1.76. The maximum atomic E-state index is 12.8. The summed E-state index contributed by atoms with van der Waals surface area (Å²) in [4.78, 5) is 25.9. The van der Waals surface area contributed by atoms with E-state index in [1.165, 1.54) is 19.3 Å². The average molecular weight is 294 g/mol. The van der Waals surface area contributed by atoms with Crippen LogP contribution >= 0.6 is 0 Å². The molecule has 1 saturated carbocycles. The number of amides is 1. The van der Waals surface area contributed by atoms with Crippen LogP contribution in [0.1, 0.15) is 57.8 Å². The topological polar surface area (TPSA) is 69.6 Å². The van der Waals surface area contributed by atoms with Gasteiger partial charge in [0, 0.05) is 12.6 Å². The molecule has 2 aliphatic heterocycles. The molecule has 2 heterocycles. The molecule has 2 N–H and O–H groups in total. The molecule has 0 spiro atoms. The molecule has 21 heavy (non-hydrogen) atoms. The number of hydrogen-bond acceptors (Lipinski definition) is 3. The Labute approximate surface area is 126 Å². The van der Waals surface area contributed by atoms with E-state index in [2.05, 4.69) is 5.32 Å². The van der Waals surface area contributed by atoms with E-state index in [0.717, 1.165) is 32.1 Å². The van der Waals surface area contributed by atoms with E-state index in [0.29, 0.717) is 24.9 Å². The quantitative estimate of drug-likeness (QED) is 0.814. The van der Waals surface area contributed by atoms with Crippen molar-refractivity contribution in [3.8, 4) is 0 Å². The second kappa shape index (κ2) is 6.34. The first kappa shape index (κ1) is 14.8. The van der Waals surface area contributed by atoms with E-state index in [1.807, 2.05) is 0 Å². The van der Waals surface area contributed by atoms with E-state index in [-0.39, 0.29) is 11.9 Å². The van der Waals surface area contributed by atoms with Crippen molar-refractivity contribution in [3.05, 3.63) is 0 Å². The van der Waals surface area contributed by atoms with Gasteiger partial charge < -0.3 is 15.3 Å². The van der Waals surface area contributed by atoms with Gasteiger partial charge in [-0.25, -0.2) is 4.79 Å². The molecule has 0 aromatic heterocycles. The normalized spacial score (nSPS) is 36.9. The highest BCUT2D eigenvalue weighted by molar-refractivity contribution is 5.87. The Hall–Kier alpha value is -1.10. The molecular weight excluding hydrogens is 268 g/mol. The highest BCUT2D eigenvalue weighted by Gasteiger charge is 2.42. The summed E-state index contributed by atoms with van der Waals surface area (Å²) in [5, 5.41) is 12.9. The van der Waals surface area contributed by atoms with Gasteiger partial charge in [0.05, 0.1) is 6.04 Å². The first-order chi connectivity index (χ1) is 10.2. The van der Waals surface area contributed by atoms with Crippen molar-refractivity contribution in [1.29, 1.82) is 0 Å². The summed E-state index contributed by atoms with van der Waals surface area (Å²) in [5.74, 6) is -0.206. The van der Waals surface area contributed by atoms with Crippen LogP contribution < -0.4 is 5.32 Å². The number of likely N-dealkylation sites (tertiary alicyclic amines) is 1. The standard InChI is InChI=1S/C16H26N2O3/c19-15(13-10-11-6-3-4-7-12(11)17-13)18-9-5-1-2-8-14(18)16(20)21/h11-14,17H,1-10H2,(H,20,21). The maximum Gasteiger partial charge on any atom is 0.326 e. The van der Waals surface area contributed by atoms with Crippen molar-refractivity contribution in [2.75, 3.05) is 6.54 Å². The summed E-state index contributed by atoms with van der Waals surface area (Å²) in [6.45, 7) is 0.601. The number of fused-ring (bicyclic) bond motifs is 1. The summed E-state index contributed by atoms with van der Waals surface area (Å²) in [6.07, 6.45) is 9.24. The number of carboxylic acids is 1. The zero-order chi connectivity index (χ0) is 14.8. The van der Waals surface area contributed by atoms with E-state index in [9.17, 15) is 14.7 Å². The van der Waals surface area contributed by atoms with Gasteiger partial charge in [-0.05, 0) is 38.0 Å². The summed E-state index contributed by atoms with van der Waals surface area (Å²) in [5.41, 5.74) is 0.